The normalized spacial score (nSPS) is 20.4. The second-order valence-corrected chi connectivity index (χ2v) is 25.4. The van der Waals surface area contributed by atoms with Crippen molar-refractivity contribution >= 4 is 13.7 Å². The summed E-state index contributed by atoms with van der Waals surface area (Å²) in [5.74, 6) is -0.298. The predicted octanol–water partition coefficient (Wildman–Crippen LogP) is 16.5. The van der Waals surface area contributed by atoms with Crippen molar-refractivity contribution in [2.45, 2.75) is 396 Å². The Balaban J connectivity index is 2.18. The van der Waals surface area contributed by atoms with E-state index in [4.69, 9.17) is 9.05 Å². The zero-order valence-corrected chi connectivity index (χ0v) is 51.2. The highest BCUT2D eigenvalue weighted by Gasteiger charge is 2.51. The number of carbonyl (C=O) groups is 1. The monoisotopic (exact) mass is 1120 g/mol. The SMILES string of the molecule is CCCCCCCCCCCCCCCCCCCCCCCCCCCCCCCCCCCC(=O)N[C@@H](COP(=O)(O)OC1C(O)C(O)C(O)[C@@H](O)C1O)[C@H](O)CCCCCCCCCCCCCCCCCCC. The highest BCUT2D eigenvalue weighted by atomic mass is 31.2. The molecule has 8 N–H and O–H groups in total. The number of phosphoric ester groups is 1. The maximum absolute atomic E-state index is 13.1. The summed E-state index contributed by atoms with van der Waals surface area (Å²) >= 11 is 0. The first kappa shape index (κ1) is 74.4. The van der Waals surface area contributed by atoms with Crippen LogP contribution in [-0.4, -0.2) is 96.8 Å². The molecule has 0 aromatic carbocycles. The van der Waals surface area contributed by atoms with Crippen LogP contribution in [0.25, 0.3) is 0 Å². The Morgan fingerprint density at radius 2 is 0.623 bits per heavy atom. The van der Waals surface area contributed by atoms with Crippen LogP contribution in [0.2, 0.25) is 0 Å². The molecule has 460 valence electrons. The maximum atomic E-state index is 13.1. The number of unbranched alkanes of at least 4 members (excludes halogenated alkanes) is 48. The minimum Gasteiger partial charge on any atom is -0.391 e. The van der Waals surface area contributed by atoms with Crippen LogP contribution in [0.3, 0.4) is 0 Å². The lowest BCUT2D eigenvalue weighted by molar-refractivity contribution is -0.220. The Morgan fingerprint density at radius 1 is 0.390 bits per heavy atom. The number of phosphoric acid groups is 1. The maximum Gasteiger partial charge on any atom is 0.472 e. The van der Waals surface area contributed by atoms with Crippen molar-refractivity contribution in [2.24, 2.45) is 0 Å². The molecule has 12 nitrogen and oxygen atoms in total. The average molecular weight is 1120 g/mol. The Morgan fingerprint density at radius 3 is 0.896 bits per heavy atom. The van der Waals surface area contributed by atoms with Crippen LogP contribution >= 0.6 is 7.82 Å². The van der Waals surface area contributed by atoms with Crippen LogP contribution in [-0.2, 0) is 18.4 Å². The lowest BCUT2D eigenvalue weighted by Gasteiger charge is -2.41. The number of amides is 1. The van der Waals surface area contributed by atoms with Gasteiger partial charge in [0.15, 0.2) is 0 Å². The Kier molecular flexibility index (Phi) is 51.5. The van der Waals surface area contributed by atoms with Gasteiger partial charge in [0, 0.05) is 6.42 Å². The summed E-state index contributed by atoms with van der Waals surface area (Å²) in [4.78, 5) is 23.6. The molecule has 0 spiro atoms. The van der Waals surface area contributed by atoms with E-state index >= 15 is 0 Å². The first-order valence-corrected chi connectivity index (χ1v) is 35.0. The molecule has 77 heavy (non-hydrogen) atoms. The van der Waals surface area contributed by atoms with E-state index in [1.165, 1.54) is 270 Å². The highest BCUT2D eigenvalue weighted by Crippen LogP contribution is 2.47. The van der Waals surface area contributed by atoms with Crippen LogP contribution in [0.1, 0.15) is 348 Å². The molecule has 0 bridgehead atoms. The summed E-state index contributed by atoms with van der Waals surface area (Å²) in [7, 11) is -5.06. The standard InChI is InChI=1S/C64H128NO11P/c1-3-5-7-9-11-13-15-17-19-21-22-23-24-25-26-27-28-29-30-31-32-33-34-35-36-38-40-42-44-46-48-50-52-54-58(67)65-56(55-75-77(73,74)76-64-62(71)60(69)59(68)61(70)63(64)72)57(66)53-51-49-47-45-43-41-39-37-20-18-16-14-12-10-8-6-4-2/h56-57,59-64,66,68-72H,3-55H2,1-2H3,(H,65,67)(H,73,74)/t56-,57+,59?,60+,61?,62?,63?,64?/m0/s1. The topological polar surface area (TPSA) is 206 Å². The van der Waals surface area contributed by atoms with Crippen molar-refractivity contribution < 1.29 is 53.9 Å². The van der Waals surface area contributed by atoms with Crippen LogP contribution in [0.4, 0.5) is 0 Å². The molecule has 6 unspecified atom stereocenters. The first-order chi connectivity index (χ1) is 37.4. The molecule has 0 aromatic rings. The molecule has 9 atom stereocenters. The van der Waals surface area contributed by atoms with Crippen LogP contribution in [0.5, 0.6) is 0 Å². The summed E-state index contributed by atoms with van der Waals surface area (Å²) < 4.78 is 23.2. The lowest BCUT2D eigenvalue weighted by atomic mass is 9.85. The van der Waals surface area contributed by atoms with Crippen molar-refractivity contribution in [1.82, 2.24) is 5.32 Å². The van der Waals surface area contributed by atoms with Crippen molar-refractivity contribution in [1.29, 1.82) is 0 Å². The van der Waals surface area contributed by atoms with Crippen molar-refractivity contribution in [2.75, 3.05) is 6.61 Å². The van der Waals surface area contributed by atoms with E-state index in [0.29, 0.717) is 19.3 Å². The van der Waals surface area contributed by atoms with E-state index in [1.807, 2.05) is 0 Å². The Hall–Kier alpha value is -0.660. The van der Waals surface area contributed by atoms with Gasteiger partial charge in [0.25, 0.3) is 0 Å². The third-order valence-corrected chi connectivity index (χ3v) is 17.7. The molecule has 0 aliphatic heterocycles. The molecule has 0 radical (unpaired) electrons. The molecule has 1 fully saturated rings. The van der Waals surface area contributed by atoms with Gasteiger partial charge in [-0.05, 0) is 12.8 Å². The molecule has 1 aliphatic carbocycles. The molecular weight excluding hydrogens is 990 g/mol. The third kappa shape index (κ3) is 43.7. The summed E-state index contributed by atoms with van der Waals surface area (Å²) in [6.07, 6.45) is 53.1. The van der Waals surface area contributed by atoms with Crippen LogP contribution < -0.4 is 5.32 Å². The minimum absolute atomic E-state index is 0.244. The molecule has 1 rings (SSSR count). The van der Waals surface area contributed by atoms with Gasteiger partial charge in [0.05, 0.1) is 18.8 Å². The number of hydrogen-bond donors (Lipinski definition) is 8. The fraction of sp³-hybridized carbons (Fsp3) is 0.984. The van der Waals surface area contributed by atoms with Gasteiger partial charge in [0.1, 0.15) is 36.6 Å². The van der Waals surface area contributed by atoms with Gasteiger partial charge in [-0.3, -0.25) is 13.8 Å². The van der Waals surface area contributed by atoms with Gasteiger partial charge in [-0.25, -0.2) is 4.57 Å². The summed E-state index contributed by atoms with van der Waals surface area (Å²) in [5.41, 5.74) is 0. The minimum atomic E-state index is -5.06. The molecule has 1 amide bonds. The molecule has 1 saturated carbocycles. The van der Waals surface area contributed by atoms with E-state index in [0.717, 1.165) is 38.5 Å². The zero-order valence-electron chi connectivity index (χ0n) is 50.3. The number of carbonyl (C=O) groups excluding carboxylic acids is 1. The molecule has 0 aromatic heterocycles. The largest absolute Gasteiger partial charge is 0.472 e. The lowest BCUT2D eigenvalue weighted by Crippen LogP contribution is -2.64. The number of rotatable bonds is 59. The first-order valence-electron chi connectivity index (χ1n) is 33.5. The third-order valence-electron chi connectivity index (χ3n) is 16.7. The smallest absolute Gasteiger partial charge is 0.391 e. The molecule has 0 saturated heterocycles. The van der Waals surface area contributed by atoms with Gasteiger partial charge in [0.2, 0.25) is 5.91 Å². The quantitative estimate of drug-likeness (QED) is 0.0212. The average Bonchev–Trinajstić information content (AvgIpc) is 3.42. The summed E-state index contributed by atoms with van der Waals surface area (Å²) in [6.45, 7) is 3.96. The van der Waals surface area contributed by atoms with Gasteiger partial charge < -0.3 is 40.8 Å². The second-order valence-electron chi connectivity index (χ2n) is 24.0. The molecule has 13 heteroatoms. The van der Waals surface area contributed by atoms with Crippen molar-refractivity contribution in [3.63, 3.8) is 0 Å². The van der Waals surface area contributed by atoms with E-state index in [1.54, 1.807) is 0 Å². The van der Waals surface area contributed by atoms with Gasteiger partial charge in [-0.15, -0.1) is 0 Å². The summed E-state index contributed by atoms with van der Waals surface area (Å²) in [6, 6.07) is -1.03. The van der Waals surface area contributed by atoms with Gasteiger partial charge in [-0.2, -0.15) is 0 Å². The number of nitrogens with one attached hydrogen (secondary N) is 1. The fourth-order valence-electron chi connectivity index (χ4n) is 11.3. The highest BCUT2D eigenvalue weighted by molar-refractivity contribution is 7.47. The van der Waals surface area contributed by atoms with Crippen molar-refractivity contribution in [3.8, 4) is 0 Å². The van der Waals surface area contributed by atoms with Crippen LogP contribution in [0.15, 0.2) is 0 Å². The van der Waals surface area contributed by atoms with Gasteiger partial charge >= 0.3 is 7.82 Å². The fourth-order valence-corrected chi connectivity index (χ4v) is 12.3. The van der Waals surface area contributed by atoms with Gasteiger partial charge in [-0.1, -0.05) is 328 Å². The van der Waals surface area contributed by atoms with Crippen LogP contribution in [0, 0.1) is 0 Å². The number of aliphatic hydroxyl groups excluding tert-OH is 6. The van der Waals surface area contributed by atoms with E-state index < -0.39 is 63.2 Å². The zero-order chi connectivity index (χ0) is 56.3. The van der Waals surface area contributed by atoms with E-state index in [-0.39, 0.29) is 12.3 Å². The predicted molar refractivity (Wildman–Crippen MR) is 320 cm³/mol. The number of hydrogen-bond acceptors (Lipinski definition) is 10. The van der Waals surface area contributed by atoms with E-state index in [2.05, 4.69) is 19.2 Å². The van der Waals surface area contributed by atoms with Crippen molar-refractivity contribution in [3.05, 3.63) is 0 Å². The Bertz CT molecular complexity index is 1300. The second kappa shape index (κ2) is 53.4. The Labute approximate surface area is 474 Å². The summed E-state index contributed by atoms with van der Waals surface area (Å²) in [5, 5.41) is 64.6. The molecular formula is C64H128NO11P. The number of aliphatic hydroxyl groups is 6. The van der Waals surface area contributed by atoms with E-state index in [9.17, 15) is 44.9 Å². The molecule has 1 aliphatic rings. The molecule has 0 heterocycles.